The molecular weight excluding hydrogens is 278 g/mol. The minimum absolute atomic E-state index is 0.466. The fourth-order valence-corrected chi connectivity index (χ4v) is 3.86. The van der Waals surface area contributed by atoms with E-state index in [1.54, 1.807) is 11.3 Å². The minimum Gasteiger partial charge on any atom is -0.309 e. The van der Waals surface area contributed by atoms with Gasteiger partial charge >= 0.3 is 0 Å². The zero-order valence-corrected chi connectivity index (χ0v) is 12.6. The molecule has 0 amide bonds. The summed E-state index contributed by atoms with van der Waals surface area (Å²) in [5, 5.41) is 8.04. The third kappa shape index (κ3) is 2.86. The van der Waals surface area contributed by atoms with Crippen LogP contribution in [0.2, 0.25) is 4.34 Å². The summed E-state index contributed by atoms with van der Waals surface area (Å²) >= 11 is 7.62. The molecule has 0 fully saturated rings. The Labute approximate surface area is 122 Å². The third-order valence-electron chi connectivity index (χ3n) is 3.77. The number of aromatic nitrogens is 2. The van der Waals surface area contributed by atoms with Crippen LogP contribution in [0.1, 0.15) is 35.0 Å². The SMILES string of the molecule is Cn1ncc2c1CCCC2NCCc1ccc(Cl)s1. The van der Waals surface area contributed by atoms with Gasteiger partial charge in [0.2, 0.25) is 0 Å². The molecule has 19 heavy (non-hydrogen) atoms. The van der Waals surface area contributed by atoms with Gasteiger partial charge < -0.3 is 5.32 Å². The quantitative estimate of drug-likeness (QED) is 0.937. The van der Waals surface area contributed by atoms with E-state index in [0.717, 1.165) is 23.7 Å². The van der Waals surface area contributed by atoms with E-state index < -0.39 is 0 Å². The summed E-state index contributed by atoms with van der Waals surface area (Å²) < 4.78 is 2.89. The Kier molecular flexibility index (Phi) is 3.91. The van der Waals surface area contributed by atoms with Gasteiger partial charge in [-0.3, -0.25) is 4.68 Å². The van der Waals surface area contributed by atoms with Gasteiger partial charge in [0.15, 0.2) is 0 Å². The highest BCUT2D eigenvalue weighted by molar-refractivity contribution is 7.16. The second-order valence-corrected chi connectivity index (χ2v) is 6.82. The first-order chi connectivity index (χ1) is 9.24. The molecule has 1 aliphatic rings. The second-order valence-electron chi connectivity index (χ2n) is 5.02. The van der Waals surface area contributed by atoms with E-state index in [0.29, 0.717) is 6.04 Å². The number of fused-ring (bicyclic) bond motifs is 1. The van der Waals surface area contributed by atoms with E-state index in [2.05, 4.69) is 16.5 Å². The molecule has 5 heteroatoms. The Morgan fingerprint density at radius 2 is 2.42 bits per heavy atom. The van der Waals surface area contributed by atoms with E-state index in [1.807, 2.05) is 24.0 Å². The van der Waals surface area contributed by atoms with Gasteiger partial charge in [-0.25, -0.2) is 0 Å². The fourth-order valence-electron chi connectivity index (χ4n) is 2.77. The molecule has 0 spiro atoms. The van der Waals surface area contributed by atoms with Gasteiger partial charge in [-0.15, -0.1) is 11.3 Å². The number of hydrogen-bond donors (Lipinski definition) is 1. The summed E-state index contributed by atoms with van der Waals surface area (Å²) in [4.78, 5) is 1.35. The molecule has 0 aromatic carbocycles. The molecule has 2 aromatic rings. The van der Waals surface area contributed by atoms with Crippen molar-refractivity contribution in [3.8, 4) is 0 Å². The predicted molar refractivity (Wildman–Crippen MR) is 79.9 cm³/mol. The highest BCUT2D eigenvalue weighted by atomic mass is 35.5. The van der Waals surface area contributed by atoms with Crippen LogP contribution in [0, 0.1) is 0 Å². The van der Waals surface area contributed by atoms with Crippen LogP contribution in [-0.4, -0.2) is 16.3 Å². The van der Waals surface area contributed by atoms with Gasteiger partial charge in [0.1, 0.15) is 0 Å². The lowest BCUT2D eigenvalue weighted by molar-refractivity contribution is 0.456. The number of nitrogens with one attached hydrogen (secondary N) is 1. The summed E-state index contributed by atoms with van der Waals surface area (Å²) in [6, 6.07) is 4.56. The van der Waals surface area contributed by atoms with Crippen molar-refractivity contribution in [1.82, 2.24) is 15.1 Å². The number of rotatable bonds is 4. The van der Waals surface area contributed by atoms with Crippen LogP contribution in [0.25, 0.3) is 0 Å². The average molecular weight is 296 g/mol. The predicted octanol–water partition coefficient (Wildman–Crippen LogP) is 3.34. The van der Waals surface area contributed by atoms with Gasteiger partial charge in [0.25, 0.3) is 0 Å². The van der Waals surface area contributed by atoms with Crippen molar-refractivity contribution in [1.29, 1.82) is 0 Å². The molecule has 3 nitrogen and oxygen atoms in total. The average Bonchev–Trinajstić information content (AvgIpc) is 2.98. The maximum Gasteiger partial charge on any atom is 0.0931 e. The molecule has 1 N–H and O–H groups in total. The topological polar surface area (TPSA) is 29.9 Å². The van der Waals surface area contributed by atoms with E-state index >= 15 is 0 Å². The molecule has 102 valence electrons. The zero-order chi connectivity index (χ0) is 13.2. The molecule has 1 unspecified atom stereocenters. The van der Waals surface area contributed by atoms with Crippen molar-refractivity contribution in [3.05, 3.63) is 38.8 Å². The molecule has 0 radical (unpaired) electrons. The monoisotopic (exact) mass is 295 g/mol. The molecule has 2 heterocycles. The summed E-state index contributed by atoms with van der Waals surface area (Å²) in [6.45, 7) is 0.996. The van der Waals surface area contributed by atoms with Gasteiger partial charge in [-0.05, 0) is 37.8 Å². The molecule has 0 saturated heterocycles. The summed E-state index contributed by atoms with van der Waals surface area (Å²) in [6.07, 6.45) is 6.68. The Balaban J connectivity index is 1.59. The molecule has 0 saturated carbocycles. The van der Waals surface area contributed by atoms with Gasteiger partial charge in [-0.1, -0.05) is 11.6 Å². The minimum atomic E-state index is 0.466. The van der Waals surface area contributed by atoms with E-state index in [-0.39, 0.29) is 0 Å². The lowest BCUT2D eigenvalue weighted by atomic mass is 9.93. The van der Waals surface area contributed by atoms with Crippen LogP contribution < -0.4 is 5.32 Å². The molecule has 1 aliphatic carbocycles. The first kappa shape index (κ1) is 13.2. The number of aryl methyl sites for hydroxylation is 1. The first-order valence-corrected chi connectivity index (χ1v) is 7.92. The zero-order valence-electron chi connectivity index (χ0n) is 11.0. The smallest absolute Gasteiger partial charge is 0.0931 e. The maximum absolute atomic E-state index is 5.94. The van der Waals surface area contributed by atoms with Crippen LogP contribution in [0.4, 0.5) is 0 Å². The van der Waals surface area contributed by atoms with Crippen molar-refractivity contribution in [3.63, 3.8) is 0 Å². The summed E-state index contributed by atoms with van der Waals surface area (Å²) in [7, 11) is 2.04. The highest BCUT2D eigenvalue weighted by Gasteiger charge is 2.22. The Morgan fingerprint density at radius 1 is 1.53 bits per heavy atom. The van der Waals surface area contributed by atoms with Crippen molar-refractivity contribution in [2.45, 2.75) is 31.7 Å². The number of hydrogen-bond acceptors (Lipinski definition) is 3. The van der Waals surface area contributed by atoms with Crippen LogP contribution in [0.5, 0.6) is 0 Å². The molecular formula is C14H18ClN3S. The van der Waals surface area contributed by atoms with Crippen molar-refractivity contribution in [2.24, 2.45) is 7.05 Å². The van der Waals surface area contributed by atoms with E-state index in [1.165, 1.54) is 29.0 Å². The normalized spacial score (nSPS) is 18.5. The largest absolute Gasteiger partial charge is 0.309 e. The van der Waals surface area contributed by atoms with Gasteiger partial charge in [-0.2, -0.15) is 5.10 Å². The number of halogens is 1. The lowest BCUT2D eigenvalue weighted by Gasteiger charge is -2.23. The van der Waals surface area contributed by atoms with Gasteiger partial charge in [0, 0.05) is 35.8 Å². The molecule has 1 atom stereocenters. The fraction of sp³-hybridized carbons (Fsp3) is 0.500. The summed E-state index contributed by atoms with van der Waals surface area (Å²) in [5.74, 6) is 0. The number of thiophene rings is 1. The molecule has 2 aromatic heterocycles. The van der Waals surface area contributed by atoms with Crippen LogP contribution >= 0.6 is 22.9 Å². The summed E-state index contributed by atoms with van der Waals surface area (Å²) in [5.41, 5.74) is 2.78. The molecule has 3 rings (SSSR count). The Hall–Kier alpha value is -0.840. The maximum atomic E-state index is 5.94. The van der Waals surface area contributed by atoms with Crippen LogP contribution in [0.3, 0.4) is 0 Å². The van der Waals surface area contributed by atoms with Crippen molar-refractivity contribution < 1.29 is 0 Å². The Morgan fingerprint density at radius 3 is 3.21 bits per heavy atom. The van der Waals surface area contributed by atoms with Gasteiger partial charge in [0.05, 0.1) is 10.5 Å². The highest BCUT2D eigenvalue weighted by Crippen LogP contribution is 2.29. The first-order valence-electron chi connectivity index (χ1n) is 6.72. The van der Waals surface area contributed by atoms with Crippen LogP contribution in [0.15, 0.2) is 18.3 Å². The van der Waals surface area contributed by atoms with E-state index in [9.17, 15) is 0 Å². The van der Waals surface area contributed by atoms with Crippen LogP contribution in [-0.2, 0) is 19.9 Å². The molecule has 0 bridgehead atoms. The molecule has 0 aliphatic heterocycles. The van der Waals surface area contributed by atoms with Crippen molar-refractivity contribution in [2.75, 3.05) is 6.54 Å². The second kappa shape index (κ2) is 5.65. The number of nitrogens with zero attached hydrogens (tertiary/aromatic N) is 2. The van der Waals surface area contributed by atoms with Crippen molar-refractivity contribution >= 4 is 22.9 Å². The lowest BCUT2D eigenvalue weighted by Crippen LogP contribution is -2.26. The standard InChI is InChI=1S/C14H18ClN3S/c1-18-13-4-2-3-12(11(13)9-17-18)16-8-7-10-5-6-14(15)19-10/h5-6,9,12,16H,2-4,7-8H2,1H3. The van der Waals surface area contributed by atoms with E-state index in [4.69, 9.17) is 11.6 Å². The Bertz CT molecular complexity index is 561. The third-order valence-corrected chi connectivity index (χ3v) is 5.06.